The first-order valence-electron chi connectivity index (χ1n) is 45.3. The van der Waals surface area contributed by atoms with E-state index in [0.717, 1.165) is 104 Å². The minimum Gasteiger partial charge on any atom is -0.496 e. The normalized spacial score (nSPS) is 19.7. The number of esters is 3. The first kappa shape index (κ1) is 100. The maximum atomic E-state index is 14.0. The minimum atomic E-state index is -0.898. The molecule has 0 spiro atoms. The lowest BCUT2D eigenvalue weighted by Gasteiger charge is -2.51. The summed E-state index contributed by atoms with van der Waals surface area (Å²) >= 11 is 14.4. The highest BCUT2D eigenvalue weighted by atomic mass is 35.5. The molecule has 6 aromatic rings. The molecule has 0 radical (unpaired) electrons. The van der Waals surface area contributed by atoms with Gasteiger partial charge in [-0.15, -0.1) is 0 Å². The van der Waals surface area contributed by atoms with Gasteiger partial charge < -0.3 is 76.9 Å². The average molecular weight is 1810 g/mol. The fraction of sp³-hybridized carbons (Fsp3) is 0.485. The van der Waals surface area contributed by atoms with E-state index in [-0.39, 0.29) is 95.3 Å². The molecule has 8 fully saturated rings. The van der Waals surface area contributed by atoms with E-state index >= 15 is 0 Å². The molecule has 694 valence electrons. The van der Waals surface area contributed by atoms with Crippen molar-refractivity contribution in [1.29, 1.82) is 0 Å². The topological polar surface area (TPSA) is 356 Å². The van der Waals surface area contributed by atoms with Crippen molar-refractivity contribution in [2.24, 2.45) is 82.3 Å². The molecule has 9 aliphatic rings. The van der Waals surface area contributed by atoms with Crippen LogP contribution in [0.25, 0.3) is 34.8 Å². The van der Waals surface area contributed by atoms with Gasteiger partial charge in [0.25, 0.3) is 0 Å². The van der Waals surface area contributed by atoms with Gasteiger partial charge in [-0.1, -0.05) is 181 Å². The Balaban J connectivity index is 0.000000262. The van der Waals surface area contributed by atoms with E-state index < -0.39 is 65.8 Å². The van der Waals surface area contributed by atoms with Crippen LogP contribution in [0.1, 0.15) is 207 Å². The Bertz CT molecular complexity index is 4930. The van der Waals surface area contributed by atoms with Crippen LogP contribution in [0.3, 0.4) is 0 Å². The SMILES string of the molecule is C.CCNCC.COC(=O)/C=C/c1ccc(C(OC)=C2C3CC4CC(C3)CC2C4)c(Cl)c1OCc1ccc(CC(=O)[C@@H](CCCNC(N)=O)NC(=O)[C@@H](CC(=O)OCC2c3ccccc3-c3ccccc32)C(C)C)cc1.COC(=O)/C=C/c1ccc(C(OC)=C2C3CC4CC(C3)CC2C4)c(Cl)c1OCc1ccc(CC(=O)[C@@H](CCCNC(N)=O)NC(=O)[C@@H](N)C(C)C)cc1. The van der Waals surface area contributed by atoms with Crippen molar-refractivity contribution in [3.63, 3.8) is 0 Å². The van der Waals surface area contributed by atoms with E-state index in [9.17, 15) is 43.2 Å². The highest BCUT2D eigenvalue weighted by Gasteiger charge is 2.49. The second-order valence-corrected chi connectivity index (χ2v) is 36.4. The summed E-state index contributed by atoms with van der Waals surface area (Å²) in [6, 6.07) is 34.9. The maximum Gasteiger partial charge on any atom is 0.330 e. The van der Waals surface area contributed by atoms with Crippen LogP contribution >= 0.6 is 23.2 Å². The molecule has 4 atom stereocenters. The van der Waals surface area contributed by atoms with Crippen LogP contribution in [0.4, 0.5) is 9.59 Å². The Kier molecular flexibility index (Phi) is 37.5. The lowest BCUT2D eigenvalue weighted by atomic mass is 9.54. The molecule has 8 saturated carbocycles. The van der Waals surface area contributed by atoms with Gasteiger partial charge in [-0.05, 0) is 242 Å². The molecule has 0 aromatic heterocycles. The van der Waals surface area contributed by atoms with Gasteiger partial charge in [0.05, 0.1) is 68.9 Å². The van der Waals surface area contributed by atoms with Gasteiger partial charge in [-0.2, -0.15) is 0 Å². The summed E-state index contributed by atoms with van der Waals surface area (Å²) < 4.78 is 40.7. The number of urea groups is 2. The van der Waals surface area contributed by atoms with E-state index in [0.29, 0.717) is 75.6 Å². The van der Waals surface area contributed by atoms with Crippen molar-refractivity contribution in [2.75, 3.05) is 61.2 Å². The molecule has 6 aromatic carbocycles. The summed E-state index contributed by atoms with van der Waals surface area (Å²) in [5.41, 5.74) is 29.5. The Labute approximate surface area is 770 Å². The lowest BCUT2D eigenvalue weighted by Crippen LogP contribution is -2.50. The van der Waals surface area contributed by atoms with Gasteiger partial charge in [0, 0.05) is 66.3 Å². The van der Waals surface area contributed by atoms with E-state index in [1.54, 1.807) is 26.4 Å². The smallest absolute Gasteiger partial charge is 0.330 e. The molecule has 0 aliphatic heterocycles. The molecule has 129 heavy (non-hydrogen) atoms. The van der Waals surface area contributed by atoms with Gasteiger partial charge >= 0.3 is 30.0 Å². The number of rotatable bonds is 40. The molecule has 0 heterocycles. The molecule has 26 heteroatoms. The molecule has 11 N–H and O–H groups in total. The number of primary amides is 2. The number of ether oxygens (including phenoxy) is 7. The highest BCUT2D eigenvalue weighted by molar-refractivity contribution is 6.34. The minimum absolute atomic E-state index is 0. The predicted molar refractivity (Wildman–Crippen MR) is 505 cm³/mol. The van der Waals surface area contributed by atoms with Crippen LogP contribution in [-0.2, 0) is 83.3 Å². The second kappa shape index (κ2) is 48.2. The number of Topliss-reactive ketones (excluding diaryl/α,β-unsaturated/α-hetero) is 2. The van der Waals surface area contributed by atoms with Gasteiger partial charge in [-0.3, -0.25) is 24.0 Å². The zero-order chi connectivity index (χ0) is 91.8. The quantitative estimate of drug-likeness (QED) is 0.00582. The van der Waals surface area contributed by atoms with Crippen molar-refractivity contribution >= 4 is 100 Å². The van der Waals surface area contributed by atoms with Crippen LogP contribution in [-0.4, -0.2) is 133 Å². The van der Waals surface area contributed by atoms with Crippen LogP contribution in [0.5, 0.6) is 11.5 Å². The van der Waals surface area contributed by atoms with E-state index in [1.165, 1.54) is 102 Å². The molecular weight excluding hydrogens is 1680 g/mol. The summed E-state index contributed by atoms with van der Waals surface area (Å²) in [5.74, 6) is 3.69. The monoisotopic (exact) mass is 1810 g/mol. The largest absolute Gasteiger partial charge is 0.496 e. The van der Waals surface area contributed by atoms with Crippen LogP contribution in [0.2, 0.25) is 10.0 Å². The molecule has 0 unspecified atom stereocenters. The molecule has 9 aliphatic carbocycles. The van der Waals surface area contributed by atoms with Crippen molar-refractivity contribution in [2.45, 2.75) is 195 Å². The first-order chi connectivity index (χ1) is 61.6. The Morgan fingerprint density at radius 1 is 0.481 bits per heavy atom. The number of benzene rings is 6. The number of amides is 6. The third kappa shape index (κ3) is 26.5. The molecule has 6 amide bonds. The zero-order valence-electron chi connectivity index (χ0n) is 75.5. The predicted octanol–water partition coefficient (Wildman–Crippen LogP) is 17.2. The molecule has 15 rings (SSSR count). The second-order valence-electron chi connectivity index (χ2n) is 35.7. The Morgan fingerprint density at radius 2 is 0.860 bits per heavy atom. The summed E-state index contributed by atoms with van der Waals surface area (Å²) in [6.45, 7) is 14.7. The number of methoxy groups -OCH3 is 4. The van der Waals surface area contributed by atoms with Crippen LogP contribution < -0.4 is 53.3 Å². The molecule has 0 saturated heterocycles. The van der Waals surface area contributed by atoms with Crippen molar-refractivity contribution < 1.29 is 76.3 Å². The Hall–Kier alpha value is -10.8. The lowest BCUT2D eigenvalue weighted by molar-refractivity contribution is -0.148. The third-order valence-corrected chi connectivity index (χ3v) is 27.0. The van der Waals surface area contributed by atoms with E-state index in [4.69, 9.17) is 73.6 Å². The highest BCUT2D eigenvalue weighted by Crippen LogP contribution is 2.60. The maximum absolute atomic E-state index is 14.0. The summed E-state index contributed by atoms with van der Waals surface area (Å²) in [7, 11) is 6.05. The summed E-state index contributed by atoms with van der Waals surface area (Å²) in [6.07, 6.45) is 19.5. The summed E-state index contributed by atoms with van der Waals surface area (Å²) in [5, 5.41) is 14.7. The number of fused-ring (bicyclic) bond motifs is 3. The van der Waals surface area contributed by atoms with Crippen molar-refractivity contribution in [3.05, 3.63) is 210 Å². The van der Waals surface area contributed by atoms with Gasteiger partial charge in [-0.25, -0.2) is 19.2 Å². The van der Waals surface area contributed by atoms with Crippen LogP contribution in [0.15, 0.2) is 145 Å². The number of carbonyl (C=O) groups excluding carboxylic acids is 9. The number of halogens is 2. The Morgan fingerprint density at radius 3 is 1.21 bits per heavy atom. The first-order valence-corrected chi connectivity index (χ1v) is 46.0. The van der Waals surface area contributed by atoms with Crippen molar-refractivity contribution in [3.8, 4) is 22.6 Å². The number of nitrogens with two attached hydrogens (primary N) is 3. The van der Waals surface area contributed by atoms with E-state index in [2.05, 4.69) is 64.7 Å². The molecular formula is C103H132Cl2N8O16. The standard InChI is InChI=1S/C57H64ClN3O9.C41H53ClN4O7.C4H11N.CH4/c1-33(2)46(30-51(64)69-32-47-43-12-7-5-10-41(43)42-11-6-8-13-44(42)47)56(65)61-48(14-9-23-60-57(59)66)49(62)29-34-15-17-35(18-16-34)31-70-54-38(20-22-50(63)67-3)19-21-45(53(54)58)55(68-4)52-39-25-36-24-37(27-39)28-40(52)26-36;1-23(2)37(43)40(49)46-32(6-5-15-45-41(44)50)33(47)21-24-7-9-25(10-8-24)22-53-38-28(12-14-34(48)51-3)11-13-31(36(38)42)39(52-4)35-29-17-26-16-27(19-29)20-30(35)18-26;1-3-5-4-2;/h5-8,10-13,15-22,33,36-37,39-40,46-48H,9,14,23-32H2,1-4H3,(H,61,65)(H3,59,60,66);7-14,23,26-27,29-30,32,37H,5-6,15-22,43H2,1-4H3,(H,46,49)(H3,44,45,50);5H,3-4H2,1-2H3;1H4/b22-20+,55-52?;14-12+,39-35?;;/t36?,37?,39?,40?,46-,48+;26?,27?,29?,30?,32-,37+;;/m01../s1. The number of hydrogen-bond donors (Lipinski definition) is 8. The van der Waals surface area contributed by atoms with E-state index in [1.807, 2.05) is 125 Å². The van der Waals surface area contributed by atoms with Gasteiger partial charge in [0.15, 0.2) is 11.6 Å². The number of nitrogens with one attached hydrogen (secondary N) is 5. The number of ketones is 2. The molecule has 8 bridgehead atoms. The van der Waals surface area contributed by atoms with Crippen LogP contribution in [0, 0.1) is 65.1 Å². The fourth-order valence-corrected chi connectivity index (χ4v) is 20.7. The number of hydrogen-bond acceptors (Lipinski definition) is 18. The molecule has 24 nitrogen and oxygen atoms in total. The van der Waals surface area contributed by atoms with Gasteiger partial charge in [0.1, 0.15) is 42.8 Å². The van der Waals surface area contributed by atoms with Gasteiger partial charge in [0.2, 0.25) is 11.8 Å². The average Bonchev–Trinajstić information content (AvgIpc) is 1.67. The van der Waals surface area contributed by atoms with Crippen molar-refractivity contribution in [1.82, 2.24) is 26.6 Å². The zero-order valence-corrected chi connectivity index (χ0v) is 77.0. The fourth-order valence-electron chi connectivity index (χ4n) is 20.1. The number of carbonyl (C=O) groups is 9. The summed E-state index contributed by atoms with van der Waals surface area (Å²) in [4.78, 5) is 114. The number of allylic oxidation sites excluding steroid dienone is 2. The third-order valence-electron chi connectivity index (χ3n) is 26.3.